The van der Waals surface area contributed by atoms with Crippen molar-refractivity contribution in [1.82, 2.24) is 15.2 Å². The predicted molar refractivity (Wildman–Crippen MR) is 95.0 cm³/mol. The monoisotopic (exact) mass is 344 g/mol. The predicted octanol–water partition coefficient (Wildman–Crippen LogP) is 1.96. The van der Waals surface area contributed by atoms with E-state index in [2.05, 4.69) is 27.3 Å². The van der Waals surface area contributed by atoms with Gasteiger partial charge in [0.25, 0.3) is 5.91 Å². The molecular formula is C19H25FN4O. The summed E-state index contributed by atoms with van der Waals surface area (Å²) in [6, 6.07) is 5.58. The Labute approximate surface area is 147 Å². The topological polar surface area (TPSA) is 47.9 Å². The highest BCUT2D eigenvalue weighted by molar-refractivity contribution is 5.98. The Morgan fingerprint density at radius 1 is 1.24 bits per heavy atom. The normalized spacial score (nSPS) is 35.0. The minimum Gasteiger partial charge on any atom is -0.300 e. The van der Waals surface area contributed by atoms with Crippen LogP contribution in [0.25, 0.3) is 0 Å². The Balaban J connectivity index is 1.58. The molecule has 0 spiro atoms. The van der Waals surface area contributed by atoms with E-state index in [1.54, 1.807) is 0 Å². The van der Waals surface area contributed by atoms with E-state index in [0.717, 1.165) is 52.1 Å². The van der Waals surface area contributed by atoms with Gasteiger partial charge in [-0.1, -0.05) is 13.3 Å². The van der Waals surface area contributed by atoms with E-state index in [-0.39, 0.29) is 17.1 Å². The summed E-state index contributed by atoms with van der Waals surface area (Å²) in [5.74, 6) is -0.221. The van der Waals surface area contributed by atoms with Crippen molar-refractivity contribution >= 4 is 11.6 Å². The van der Waals surface area contributed by atoms with Crippen LogP contribution >= 0.6 is 0 Å². The van der Waals surface area contributed by atoms with Crippen LogP contribution in [0, 0.1) is 17.2 Å². The van der Waals surface area contributed by atoms with Crippen molar-refractivity contribution in [2.75, 3.05) is 39.3 Å². The molecule has 0 saturated carbocycles. The molecule has 1 aromatic rings. The van der Waals surface area contributed by atoms with Crippen LogP contribution in [0.3, 0.4) is 0 Å². The highest BCUT2D eigenvalue weighted by Crippen LogP contribution is 2.41. The average Bonchev–Trinajstić information content (AvgIpc) is 2.82. The highest BCUT2D eigenvalue weighted by Gasteiger charge is 2.51. The Bertz CT molecular complexity index is 671. The van der Waals surface area contributed by atoms with E-state index in [1.807, 2.05) is 0 Å². The second-order valence-electron chi connectivity index (χ2n) is 7.64. The zero-order valence-electron chi connectivity index (χ0n) is 14.7. The first-order valence-corrected chi connectivity index (χ1v) is 9.18. The molecule has 6 heteroatoms. The van der Waals surface area contributed by atoms with Crippen LogP contribution < -0.4 is 5.43 Å². The zero-order chi connectivity index (χ0) is 17.4. The number of hydrazone groups is 1. The molecule has 1 amide bonds. The van der Waals surface area contributed by atoms with Crippen molar-refractivity contribution < 1.29 is 9.18 Å². The van der Waals surface area contributed by atoms with Gasteiger partial charge in [0.2, 0.25) is 0 Å². The summed E-state index contributed by atoms with van der Waals surface area (Å²) in [6.45, 7) is 8.64. The van der Waals surface area contributed by atoms with Crippen LogP contribution in [0.5, 0.6) is 0 Å². The SMILES string of the molecule is CCCC12CN3CCN(CC(C3)C1=NNC(=O)c1ccc(F)cc1)C2. The molecule has 0 radical (unpaired) electrons. The molecule has 5 nitrogen and oxygen atoms in total. The summed E-state index contributed by atoms with van der Waals surface area (Å²) in [5, 5.41) is 4.62. The number of carbonyl (C=O) groups excluding carboxylic acids is 1. The summed E-state index contributed by atoms with van der Waals surface area (Å²) < 4.78 is 13.0. The number of halogens is 1. The third kappa shape index (κ3) is 3.09. The Morgan fingerprint density at radius 3 is 2.48 bits per heavy atom. The highest BCUT2D eigenvalue weighted by atomic mass is 19.1. The third-order valence-electron chi connectivity index (χ3n) is 5.79. The van der Waals surface area contributed by atoms with E-state index in [4.69, 9.17) is 0 Å². The molecule has 134 valence electrons. The van der Waals surface area contributed by atoms with Gasteiger partial charge in [0.1, 0.15) is 5.82 Å². The maximum absolute atomic E-state index is 13.0. The number of carbonyl (C=O) groups is 1. The molecule has 5 rings (SSSR count). The Hall–Kier alpha value is -1.79. The number of rotatable bonds is 4. The lowest BCUT2D eigenvalue weighted by Gasteiger charge is -2.50. The Morgan fingerprint density at radius 2 is 1.88 bits per heavy atom. The minimum absolute atomic E-state index is 0.0580. The van der Waals surface area contributed by atoms with Gasteiger partial charge in [0, 0.05) is 56.2 Å². The third-order valence-corrected chi connectivity index (χ3v) is 5.79. The minimum atomic E-state index is -0.342. The molecular weight excluding hydrogens is 319 g/mol. The lowest BCUT2D eigenvalue weighted by molar-refractivity contribution is 0.0940. The second-order valence-corrected chi connectivity index (χ2v) is 7.64. The van der Waals surface area contributed by atoms with Gasteiger partial charge in [-0.2, -0.15) is 5.10 Å². The summed E-state index contributed by atoms with van der Waals surface area (Å²) >= 11 is 0. The van der Waals surface area contributed by atoms with Crippen molar-refractivity contribution in [3.05, 3.63) is 35.6 Å². The van der Waals surface area contributed by atoms with Crippen molar-refractivity contribution in [2.24, 2.45) is 16.4 Å². The molecule has 4 aliphatic heterocycles. The number of hydrogen-bond acceptors (Lipinski definition) is 4. The molecule has 25 heavy (non-hydrogen) atoms. The van der Waals surface area contributed by atoms with E-state index in [1.165, 1.54) is 30.0 Å². The van der Waals surface area contributed by atoms with Crippen molar-refractivity contribution in [3.8, 4) is 0 Å². The van der Waals surface area contributed by atoms with Gasteiger partial charge < -0.3 is 9.80 Å². The van der Waals surface area contributed by atoms with Crippen molar-refractivity contribution in [2.45, 2.75) is 19.8 Å². The van der Waals surface area contributed by atoms with Gasteiger partial charge >= 0.3 is 0 Å². The first kappa shape index (κ1) is 16.7. The van der Waals surface area contributed by atoms with Crippen LogP contribution in [-0.2, 0) is 0 Å². The molecule has 0 aliphatic carbocycles. The van der Waals surface area contributed by atoms with Crippen LogP contribution in [0.4, 0.5) is 4.39 Å². The van der Waals surface area contributed by atoms with Crippen LogP contribution in [0.2, 0.25) is 0 Å². The van der Waals surface area contributed by atoms with Gasteiger partial charge in [-0.15, -0.1) is 0 Å². The number of hydrogen-bond donors (Lipinski definition) is 1. The van der Waals surface area contributed by atoms with Crippen molar-refractivity contribution in [1.29, 1.82) is 0 Å². The van der Waals surface area contributed by atoms with Crippen molar-refractivity contribution in [3.63, 3.8) is 0 Å². The zero-order valence-corrected chi connectivity index (χ0v) is 14.7. The smallest absolute Gasteiger partial charge is 0.271 e. The first-order chi connectivity index (χ1) is 12.1. The molecule has 4 fully saturated rings. The summed E-state index contributed by atoms with van der Waals surface area (Å²) in [7, 11) is 0. The molecule has 2 atom stereocenters. The molecule has 4 bridgehead atoms. The average molecular weight is 344 g/mol. The van der Waals surface area contributed by atoms with Crippen LogP contribution in [0.15, 0.2) is 29.4 Å². The maximum atomic E-state index is 13.0. The number of nitrogens with zero attached hydrogens (tertiary/aromatic N) is 3. The number of benzene rings is 1. The Kier molecular flexibility index (Phi) is 4.33. The fourth-order valence-corrected chi connectivity index (χ4v) is 4.86. The summed E-state index contributed by atoms with van der Waals surface area (Å²) in [6.07, 6.45) is 2.21. The second kappa shape index (κ2) is 6.50. The summed E-state index contributed by atoms with van der Waals surface area (Å²) in [4.78, 5) is 17.5. The van der Waals surface area contributed by atoms with Gasteiger partial charge in [0.15, 0.2) is 0 Å². The maximum Gasteiger partial charge on any atom is 0.271 e. The van der Waals surface area contributed by atoms with E-state index >= 15 is 0 Å². The molecule has 4 heterocycles. The fraction of sp³-hybridized carbons (Fsp3) is 0.579. The van der Waals surface area contributed by atoms with Crippen LogP contribution in [-0.4, -0.2) is 60.7 Å². The van der Waals surface area contributed by atoms with Gasteiger partial charge in [-0.05, 0) is 30.7 Å². The number of amides is 1. The van der Waals surface area contributed by atoms with E-state index in [0.29, 0.717) is 11.5 Å². The van der Waals surface area contributed by atoms with E-state index < -0.39 is 0 Å². The molecule has 2 unspecified atom stereocenters. The lowest BCUT2D eigenvalue weighted by Crippen LogP contribution is -2.61. The molecule has 0 aromatic heterocycles. The van der Waals surface area contributed by atoms with Gasteiger partial charge in [0.05, 0.1) is 5.71 Å². The van der Waals surface area contributed by atoms with Gasteiger partial charge in [-0.3, -0.25) is 4.79 Å². The molecule has 1 aromatic carbocycles. The van der Waals surface area contributed by atoms with Crippen LogP contribution in [0.1, 0.15) is 30.1 Å². The number of nitrogens with one attached hydrogen (secondary N) is 1. The first-order valence-electron chi connectivity index (χ1n) is 9.18. The molecule has 1 N–H and O–H groups in total. The van der Waals surface area contributed by atoms with Gasteiger partial charge in [-0.25, -0.2) is 9.82 Å². The standard InChI is InChI=1S/C19H25FN4O/c1-2-7-19-12-23-8-9-24(13-19)11-15(10-23)17(19)21-22-18(25)14-3-5-16(20)6-4-14/h3-6,15H,2,7-13H2,1H3,(H,22,25). The van der Waals surface area contributed by atoms with E-state index in [9.17, 15) is 9.18 Å². The molecule has 4 aliphatic rings. The number of piperidine rings is 2. The lowest BCUT2D eigenvalue weighted by atomic mass is 9.68. The fourth-order valence-electron chi connectivity index (χ4n) is 4.86. The molecule has 4 saturated heterocycles. The largest absolute Gasteiger partial charge is 0.300 e. The quantitative estimate of drug-likeness (QED) is 0.850. The number of fused-ring (bicyclic) bond motifs is 1. The summed E-state index contributed by atoms with van der Waals surface area (Å²) in [5.41, 5.74) is 4.40.